The molecule has 1 aliphatic carbocycles. The number of hydrogen-bond acceptors (Lipinski definition) is 4. The highest BCUT2D eigenvalue weighted by Gasteiger charge is 2.42. The van der Waals surface area contributed by atoms with E-state index in [4.69, 9.17) is 23.2 Å². The molecule has 1 heterocycles. The van der Waals surface area contributed by atoms with Crippen molar-refractivity contribution in [1.29, 1.82) is 0 Å². The van der Waals surface area contributed by atoms with Gasteiger partial charge >= 0.3 is 0 Å². The zero-order chi connectivity index (χ0) is 25.6. The average Bonchev–Trinajstić information content (AvgIpc) is 2.84. The number of halogens is 3. The zero-order valence-electron chi connectivity index (χ0n) is 18.9. The van der Waals surface area contributed by atoms with Crippen LogP contribution in [0.4, 0.5) is 0 Å². The van der Waals surface area contributed by atoms with Crippen LogP contribution in [0.25, 0.3) is 0 Å². The van der Waals surface area contributed by atoms with Crippen molar-refractivity contribution in [2.75, 3.05) is 0 Å². The van der Waals surface area contributed by atoms with Crippen molar-refractivity contribution in [3.8, 4) is 0 Å². The van der Waals surface area contributed by atoms with Gasteiger partial charge in [0.25, 0.3) is 0 Å². The van der Waals surface area contributed by atoms with Gasteiger partial charge in [-0.3, -0.25) is 9.59 Å². The zero-order valence-corrected chi connectivity index (χ0v) is 22.8. The number of rotatable bonds is 4. The Labute approximate surface area is 227 Å². The Morgan fingerprint density at radius 2 is 1.69 bits per heavy atom. The summed E-state index contributed by atoms with van der Waals surface area (Å²) in [5.74, 6) is -0.423. The van der Waals surface area contributed by atoms with Crippen molar-refractivity contribution in [3.63, 3.8) is 0 Å². The SMILES string of the molecule is O=C1CCC(NC(=O)C2Cc3ccccc3CN2S(=O)(=O)c2c(Cl)cccc2Cl)c2cc(Br)ccc21. The average molecular weight is 608 g/mol. The highest BCUT2D eigenvalue weighted by molar-refractivity contribution is 9.10. The number of fused-ring (bicyclic) bond motifs is 2. The third kappa shape index (κ3) is 4.61. The van der Waals surface area contributed by atoms with Gasteiger partial charge in [-0.25, -0.2) is 8.42 Å². The van der Waals surface area contributed by atoms with E-state index < -0.39 is 28.0 Å². The summed E-state index contributed by atoms with van der Waals surface area (Å²) in [5.41, 5.74) is 2.99. The Balaban J connectivity index is 1.53. The molecule has 0 fully saturated rings. The molecule has 2 unspecified atom stereocenters. The monoisotopic (exact) mass is 606 g/mol. The van der Waals surface area contributed by atoms with Gasteiger partial charge in [0, 0.05) is 23.0 Å². The lowest BCUT2D eigenvalue weighted by Crippen LogP contribution is -2.53. The quantitative estimate of drug-likeness (QED) is 0.412. The van der Waals surface area contributed by atoms with Gasteiger partial charge in [-0.1, -0.05) is 69.5 Å². The smallest absolute Gasteiger partial charge is 0.247 e. The number of Topliss-reactive ketones (excluding diaryl/α,β-unsaturated/α-hetero) is 1. The molecule has 1 N–H and O–H groups in total. The lowest BCUT2D eigenvalue weighted by Gasteiger charge is -2.36. The largest absolute Gasteiger partial charge is 0.348 e. The Morgan fingerprint density at radius 3 is 2.42 bits per heavy atom. The van der Waals surface area contributed by atoms with Gasteiger partial charge in [-0.05, 0) is 59.9 Å². The maximum Gasteiger partial charge on any atom is 0.247 e. The van der Waals surface area contributed by atoms with Gasteiger partial charge < -0.3 is 5.32 Å². The fraction of sp³-hybridized carbons (Fsp3) is 0.231. The number of ketones is 1. The molecule has 2 atom stereocenters. The highest BCUT2D eigenvalue weighted by atomic mass is 79.9. The minimum Gasteiger partial charge on any atom is -0.348 e. The fourth-order valence-corrected chi connectivity index (χ4v) is 7.92. The first-order valence-corrected chi connectivity index (χ1v) is 14.3. The maximum absolute atomic E-state index is 13.9. The van der Waals surface area contributed by atoms with Crippen LogP contribution in [-0.4, -0.2) is 30.5 Å². The molecule has 0 bridgehead atoms. The number of amides is 1. The Morgan fingerprint density at radius 1 is 1.00 bits per heavy atom. The molecule has 1 aliphatic heterocycles. The number of hydrogen-bond donors (Lipinski definition) is 1. The number of nitrogens with one attached hydrogen (secondary N) is 1. The predicted molar refractivity (Wildman–Crippen MR) is 142 cm³/mol. The van der Waals surface area contributed by atoms with Crippen LogP contribution in [0.2, 0.25) is 10.0 Å². The second kappa shape index (κ2) is 9.91. The first-order valence-electron chi connectivity index (χ1n) is 11.3. The van der Waals surface area contributed by atoms with Crippen LogP contribution in [0.15, 0.2) is 70.0 Å². The van der Waals surface area contributed by atoms with Gasteiger partial charge in [0.2, 0.25) is 15.9 Å². The van der Waals surface area contributed by atoms with Crippen LogP contribution >= 0.6 is 39.1 Å². The molecule has 2 aliphatic rings. The normalized spacial score (nSPS) is 19.9. The van der Waals surface area contributed by atoms with Crippen molar-refractivity contribution in [2.24, 2.45) is 0 Å². The fourth-order valence-electron chi connectivity index (χ4n) is 4.88. The number of carbonyl (C=O) groups is 2. The minimum absolute atomic E-state index is 0.00341. The summed E-state index contributed by atoms with van der Waals surface area (Å²) in [6.07, 6.45) is 0.922. The summed E-state index contributed by atoms with van der Waals surface area (Å²) in [5, 5.41) is 3.00. The molecule has 186 valence electrons. The standard InChI is InChI=1S/C26H21BrCl2N2O4S/c27-17-8-9-18-19(13-17)22(10-11-24(18)32)30-26(33)23-12-15-4-1-2-5-16(15)14-31(23)36(34,35)25-20(28)6-3-7-21(25)29/h1-9,13,22-23H,10-12,14H2,(H,30,33). The first-order chi connectivity index (χ1) is 17.2. The molecule has 0 saturated heterocycles. The lowest BCUT2D eigenvalue weighted by atomic mass is 9.86. The van der Waals surface area contributed by atoms with Crippen LogP contribution < -0.4 is 5.32 Å². The molecule has 0 radical (unpaired) electrons. The van der Waals surface area contributed by atoms with Crippen LogP contribution in [0, 0.1) is 0 Å². The molecular formula is C26H21BrCl2N2O4S. The van der Waals surface area contributed by atoms with Crippen LogP contribution in [0.1, 0.15) is 45.9 Å². The summed E-state index contributed by atoms with van der Waals surface area (Å²) in [4.78, 5) is 25.9. The Kier molecular flexibility index (Phi) is 7.00. The molecule has 0 saturated carbocycles. The molecule has 3 aromatic carbocycles. The molecule has 3 aromatic rings. The molecule has 36 heavy (non-hydrogen) atoms. The highest BCUT2D eigenvalue weighted by Crippen LogP contribution is 2.37. The third-order valence-corrected chi connectivity index (χ3v) is 9.96. The predicted octanol–water partition coefficient (Wildman–Crippen LogP) is 5.71. The van der Waals surface area contributed by atoms with E-state index in [1.165, 1.54) is 16.4 Å². The van der Waals surface area contributed by atoms with E-state index in [1.807, 2.05) is 30.3 Å². The Bertz CT molecular complexity index is 1470. The van der Waals surface area contributed by atoms with E-state index >= 15 is 0 Å². The van der Waals surface area contributed by atoms with E-state index in [-0.39, 0.29) is 33.7 Å². The van der Waals surface area contributed by atoms with E-state index in [0.29, 0.717) is 24.0 Å². The summed E-state index contributed by atoms with van der Waals surface area (Å²) in [6, 6.07) is 15.8. The van der Waals surface area contributed by atoms with Crippen LogP contribution in [-0.2, 0) is 27.8 Å². The van der Waals surface area contributed by atoms with Crippen molar-refractivity contribution in [1.82, 2.24) is 9.62 Å². The molecule has 6 nitrogen and oxygen atoms in total. The lowest BCUT2D eigenvalue weighted by molar-refractivity contribution is -0.126. The summed E-state index contributed by atoms with van der Waals surface area (Å²) in [7, 11) is -4.23. The van der Waals surface area contributed by atoms with E-state index in [1.54, 1.807) is 18.2 Å². The van der Waals surface area contributed by atoms with E-state index in [2.05, 4.69) is 21.2 Å². The van der Waals surface area contributed by atoms with Gasteiger partial charge in [0.1, 0.15) is 10.9 Å². The summed E-state index contributed by atoms with van der Waals surface area (Å²) >= 11 is 16.0. The number of benzene rings is 3. The van der Waals surface area contributed by atoms with Gasteiger partial charge in [0.05, 0.1) is 16.1 Å². The Hall–Kier alpha value is -2.23. The number of sulfonamides is 1. The third-order valence-electron chi connectivity index (χ3n) is 6.66. The van der Waals surface area contributed by atoms with E-state index in [9.17, 15) is 18.0 Å². The molecule has 1 amide bonds. The second-order valence-corrected chi connectivity index (χ2v) is 12.4. The molecular weight excluding hydrogens is 587 g/mol. The van der Waals surface area contributed by atoms with Gasteiger partial charge in [-0.15, -0.1) is 0 Å². The number of nitrogens with zero attached hydrogens (tertiary/aromatic N) is 1. The van der Waals surface area contributed by atoms with Crippen molar-refractivity contribution in [2.45, 2.75) is 42.8 Å². The number of carbonyl (C=O) groups excluding carboxylic acids is 2. The molecule has 10 heteroatoms. The second-order valence-electron chi connectivity index (χ2n) is 8.84. The summed E-state index contributed by atoms with van der Waals surface area (Å²) in [6.45, 7) is 0.00341. The van der Waals surface area contributed by atoms with Crippen LogP contribution in [0.5, 0.6) is 0 Å². The molecule has 5 rings (SSSR count). The topological polar surface area (TPSA) is 83.6 Å². The first kappa shape index (κ1) is 25.4. The summed E-state index contributed by atoms with van der Waals surface area (Å²) < 4.78 is 29.7. The van der Waals surface area contributed by atoms with Crippen LogP contribution in [0.3, 0.4) is 0 Å². The van der Waals surface area contributed by atoms with Gasteiger partial charge in [-0.2, -0.15) is 4.31 Å². The molecule has 0 aromatic heterocycles. The minimum atomic E-state index is -4.23. The van der Waals surface area contributed by atoms with Crippen molar-refractivity contribution in [3.05, 3.63) is 97.4 Å². The molecule has 0 spiro atoms. The van der Waals surface area contributed by atoms with E-state index in [0.717, 1.165) is 15.6 Å². The van der Waals surface area contributed by atoms with Crippen molar-refractivity contribution < 1.29 is 18.0 Å². The maximum atomic E-state index is 13.9. The van der Waals surface area contributed by atoms with Crippen molar-refractivity contribution >= 4 is 60.8 Å². The van der Waals surface area contributed by atoms with Gasteiger partial charge in [0.15, 0.2) is 5.78 Å².